The molecule has 0 aromatic heterocycles. The van der Waals surface area contributed by atoms with E-state index in [1.54, 1.807) is 25.3 Å². The zero-order chi connectivity index (χ0) is 8.91. The topological polar surface area (TPSA) is 12.4 Å². The van der Waals surface area contributed by atoms with Crippen LogP contribution in [0.15, 0.2) is 29.4 Å². The van der Waals surface area contributed by atoms with Crippen LogP contribution in [0.3, 0.4) is 0 Å². The van der Waals surface area contributed by atoms with E-state index >= 15 is 0 Å². The lowest BCUT2D eigenvalue weighted by molar-refractivity contribution is 0.989. The first-order chi connectivity index (χ1) is 5.02. The van der Waals surface area contributed by atoms with E-state index in [1.165, 1.54) is 0 Å². The van der Waals surface area contributed by atoms with E-state index in [1.807, 2.05) is 6.92 Å². The minimum absolute atomic E-state index is 0.626. The summed E-state index contributed by atoms with van der Waals surface area (Å²) in [6, 6.07) is 0. The van der Waals surface area contributed by atoms with Gasteiger partial charge in [-0.25, -0.2) is 0 Å². The van der Waals surface area contributed by atoms with Gasteiger partial charge in [0, 0.05) is 6.21 Å². The van der Waals surface area contributed by atoms with Gasteiger partial charge in [0.05, 0.1) is 5.70 Å². The van der Waals surface area contributed by atoms with Gasteiger partial charge in [-0.1, -0.05) is 41.9 Å². The molecule has 0 saturated carbocycles. The minimum atomic E-state index is -0.922. The van der Waals surface area contributed by atoms with Gasteiger partial charge in [-0.15, -0.1) is 0 Å². The summed E-state index contributed by atoms with van der Waals surface area (Å²) in [6.45, 7) is 6.99. The molecule has 0 fully saturated rings. The van der Waals surface area contributed by atoms with Gasteiger partial charge in [-0.2, -0.15) is 0 Å². The molecule has 0 bridgehead atoms. The van der Waals surface area contributed by atoms with Gasteiger partial charge in [0.25, 0.3) is 0 Å². The third kappa shape index (κ3) is 4.23. The van der Waals surface area contributed by atoms with E-state index < -0.39 is 4.33 Å². The van der Waals surface area contributed by atoms with E-state index in [4.69, 9.17) is 23.2 Å². The minimum Gasteiger partial charge on any atom is -0.258 e. The number of nitrogens with zero attached hydrogens (tertiary/aromatic N) is 1. The summed E-state index contributed by atoms with van der Waals surface area (Å²) in [7, 11) is 0. The number of allylic oxidation sites excluding steroid dienone is 3. The number of aliphatic imine (C=N–C) groups is 1. The molecule has 0 aromatic carbocycles. The van der Waals surface area contributed by atoms with Crippen LogP contribution in [0.4, 0.5) is 0 Å². The summed E-state index contributed by atoms with van der Waals surface area (Å²) >= 11 is 11.6. The molecule has 0 unspecified atom stereocenters. The molecule has 0 heterocycles. The number of rotatable bonds is 3. The molecular formula is C8H11Cl2N. The van der Waals surface area contributed by atoms with E-state index in [-0.39, 0.29) is 0 Å². The molecule has 0 aliphatic heterocycles. The number of hydrogen-bond acceptors (Lipinski definition) is 1. The van der Waals surface area contributed by atoms with Crippen molar-refractivity contribution in [3.63, 3.8) is 0 Å². The molecule has 11 heavy (non-hydrogen) atoms. The van der Waals surface area contributed by atoms with Gasteiger partial charge in [0.1, 0.15) is 0 Å². The van der Waals surface area contributed by atoms with Crippen molar-refractivity contribution in [3.05, 3.63) is 24.4 Å². The monoisotopic (exact) mass is 191 g/mol. The zero-order valence-electron chi connectivity index (χ0n) is 6.64. The van der Waals surface area contributed by atoms with Crippen molar-refractivity contribution < 1.29 is 0 Å². The molecule has 0 N–H and O–H groups in total. The van der Waals surface area contributed by atoms with Crippen LogP contribution in [0.2, 0.25) is 0 Å². The number of alkyl halides is 2. The van der Waals surface area contributed by atoms with Crippen molar-refractivity contribution in [2.24, 2.45) is 4.99 Å². The first-order valence-electron chi connectivity index (χ1n) is 3.22. The van der Waals surface area contributed by atoms with E-state index in [9.17, 15) is 0 Å². The molecule has 0 atom stereocenters. The van der Waals surface area contributed by atoms with Crippen molar-refractivity contribution in [2.45, 2.75) is 18.2 Å². The van der Waals surface area contributed by atoms with Crippen LogP contribution >= 0.6 is 23.2 Å². The van der Waals surface area contributed by atoms with Crippen LogP contribution in [0.25, 0.3) is 0 Å². The van der Waals surface area contributed by atoms with Crippen LogP contribution in [-0.2, 0) is 0 Å². The van der Waals surface area contributed by atoms with Crippen LogP contribution in [0.5, 0.6) is 0 Å². The standard InChI is InChI=1S/C8H11Cl2N/c1-4-6-11-7(5-2)8(3,9)10/h4-6H,1H2,2-3H3/b7-5-,11-6?. The lowest BCUT2D eigenvalue weighted by Crippen LogP contribution is -2.08. The number of halogens is 2. The Hall–Kier alpha value is -0.270. The van der Waals surface area contributed by atoms with Crippen LogP contribution in [-0.4, -0.2) is 10.5 Å². The smallest absolute Gasteiger partial charge is 0.156 e. The van der Waals surface area contributed by atoms with Crippen LogP contribution < -0.4 is 0 Å². The Morgan fingerprint density at radius 3 is 2.36 bits per heavy atom. The molecular weight excluding hydrogens is 181 g/mol. The van der Waals surface area contributed by atoms with Crippen molar-refractivity contribution in [1.82, 2.24) is 0 Å². The second-order valence-corrected chi connectivity index (χ2v) is 3.78. The van der Waals surface area contributed by atoms with Gasteiger partial charge >= 0.3 is 0 Å². The molecule has 0 amide bonds. The second kappa shape index (κ2) is 4.58. The lowest BCUT2D eigenvalue weighted by Gasteiger charge is -2.12. The number of hydrogen-bond donors (Lipinski definition) is 0. The Balaban J connectivity index is 4.45. The zero-order valence-corrected chi connectivity index (χ0v) is 8.15. The highest BCUT2D eigenvalue weighted by Crippen LogP contribution is 2.29. The predicted molar refractivity (Wildman–Crippen MR) is 52.6 cm³/mol. The lowest BCUT2D eigenvalue weighted by atomic mass is 10.3. The summed E-state index contributed by atoms with van der Waals surface area (Å²) in [6.07, 6.45) is 4.89. The van der Waals surface area contributed by atoms with Gasteiger partial charge in [-0.05, 0) is 13.8 Å². The normalized spacial score (nSPS) is 14.0. The molecule has 3 heteroatoms. The van der Waals surface area contributed by atoms with Crippen molar-refractivity contribution >= 4 is 29.4 Å². The Labute approximate surface area is 77.4 Å². The maximum Gasteiger partial charge on any atom is 0.156 e. The van der Waals surface area contributed by atoms with Gasteiger partial charge in [0.2, 0.25) is 0 Å². The highest BCUT2D eigenvalue weighted by molar-refractivity contribution is 6.50. The molecule has 0 aliphatic rings. The summed E-state index contributed by atoms with van der Waals surface area (Å²) < 4.78 is -0.922. The quantitative estimate of drug-likeness (QED) is 0.480. The fraction of sp³-hybridized carbons (Fsp3) is 0.375. The van der Waals surface area contributed by atoms with Crippen molar-refractivity contribution in [2.75, 3.05) is 0 Å². The largest absolute Gasteiger partial charge is 0.258 e. The van der Waals surface area contributed by atoms with Crippen LogP contribution in [0, 0.1) is 0 Å². The Bertz CT molecular complexity index is 187. The Kier molecular flexibility index (Phi) is 4.46. The fourth-order valence-corrected chi connectivity index (χ4v) is 0.890. The molecule has 0 spiro atoms. The summed E-state index contributed by atoms with van der Waals surface area (Å²) in [5.41, 5.74) is 0.626. The Morgan fingerprint density at radius 1 is 1.55 bits per heavy atom. The third-order valence-electron chi connectivity index (χ3n) is 1.04. The van der Waals surface area contributed by atoms with Gasteiger partial charge in [0.15, 0.2) is 4.33 Å². The third-order valence-corrected chi connectivity index (χ3v) is 1.43. The fourth-order valence-electron chi connectivity index (χ4n) is 0.574. The first-order valence-corrected chi connectivity index (χ1v) is 3.97. The molecule has 62 valence electrons. The molecule has 0 aliphatic carbocycles. The average molecular weight is 192 g/mol. The van der Waals surface area contributed by atoms with Gasteiger partial charge < -0.3 is 0 Å². The summed E-state index contributed by atoms with van der Waals surface area (Å²) in [5, 5.41) is 0. The molecule has 0 radical (unpaired) electrons. The average Bonchev–Trinajstić information content (AvgIpc) is 1.87. The SMILES string of the molecule is C=CC=N/C(=C\C)C(C)(Cl)Cl. The van der Waals surface area contributed by atoms with E-state index in [0.29, 0.717) is 5.70 Å². The molecule has 0 rings (SSSR count). The summed E-state index contributed by atoms with van der Waals surface area (Å²) in [5.74, 6) is 0. The van der Waals surface area contributed by atoms with Crippen molar-refractivity contribution in [3.8, 4) is 0 Å². The molecule has 1 nitrogen and oxygen atoms in total. The van der Waals surface area contributed by atoms with E-state index in [0.717, 1.165) is 0 Å². The highest BCUT2D eigenvalue weighted by atomic mass is 35.5. The van der Waals surface area contributed by atoms with Crippen LogP contribution in [0.1, 0.15) is 13.8 Å². The maximum absolute atomic E-state index is 5.78. The maximum atomic E-state index is 5.78. The van der Waals surface area contributed by atoms with Crippen molar-refractivity contribution in [1.29, 1.82) is 0 Å². The predicted octanol–water partition coefficient (Wildman–Crippen LogP) is 3.34. The molecule has 0 saturated heterocycles. The molecule has 0 aromatic rings. The second-order valence-electron chi connectivity index (χ2n) is 2.08. The van der Waals surface area contributed by atoms with Gasteiger partial charge in [-0.3, -0.25) is 4.99 Å². The van der Waals surface area contributed by atoms with E-state index in [2.05, 4.69) is 11.6 Å². The first kappa shape index (κ1) is 10.7. The summed E-state index contributed by atoms with van der Waals surface area (Å²) in [4.78, 5) is 3.99. The Morgan fingerprint density at radius 2 is 2.09 bits per heavy atom. The highest BCUT2D eigenvalue weighted by Gasteiger charge is 2.20.